The predicted molar refractivity (Wildman–Crippen MR) is 78.6 cm³/mol. The van der Waals surface area contributed by atoms with Crippen LogP contribution in [-0.4, -0.2) is 35.1 Å². The number of benzene rings is 1. The van der Waals surface area contributed by atoms with Crippen molar-refractivity contribution in [2.24, 2.45) is 0 Å². The average Bonchev–Trinajstić information content (AvgIpc) is 2.36. The normalized spacial score (nSPS) is 13.1. The first-order chi connectivity index (χ1) is 9.04. The topological polar surface area (TPSA) is 38.1 Å². The molecule has 102 valence electrons. The highest BCUT2D eigenvalue weighted by atomic mass is 16.1. The smallest absolute Gasteiger partial charge is 0.261 e. The molecule has 2 aromatic rings. The Labute approximate surface area is 113 Å². The SMILES string of the molecule is CCC(CN(C)C)n1cnc2cccc(C)c2c1=O. The van der Waals surface area contributed by atoms with E-state index in [0.29, 0.717) is 0 Å². The highest BCUT2D eigenvalue weighted by molar-refractivity contribution is 5.80. The number of aromatic nitrogens is 2. The molecule has 0 aliphatic rings. The van der Waals surface area contributed by atoms with Crippen molar-refractivity contribution in [1.82, 2.24) is 14.5 Å². The molecule has 1 heterocycles. The highest BCUT2D eigenvalue weighted by Gasteiger charge is 2.14. The molecule has 0 radical (unpaired) electrons. The highest BCUT2D eigenvalue weighted by Crippen LogP contribution is 2.15. The predicted octanol–water partition coefficient (Wildman–Crippen LogP) is 2.22. The largest absolute Gasteiger partial charge is 0.307 e. The van der Waals surface area contributed by atoms with Crippen molar-refractivity contribution < 1.29 is 0 Å². The first kappa shape index (κ1) is 13.7. The number of rotatable bonds is 4. The Morgan fingerprint density at radius 1 is 1.37 bits per heavy atom. The molecule has 2 rings (SSSR count). The molecule has 1 unspecified atom stereocenters. The molecular weight excluding hydrogens is 238 g/mol. The van der Waals surface area contributed by atoms with Gasteiger partial charge in [0.15, 0.2) is 0 Å². The van der Waals surface area contributed by atoms with E-state index in [1.807, 2.05) is 39.2 Å². The van der Waals surface area contributed by atoms with Gasteiger partial charge in [0.2, 0.25) is 0 Å². The van der Waals surface area contributed by atoms with E-state index in [4.69, 9.17) is 0 Å². The van der Waals surface area contributed by atoms with Gasteiger partial charge in [0.05, 0.1) is 23.3 Å². The quantitative estimate of drug-likeness (QED) is 0.845. The summed E-state index contributed by atoms with van der Waals surface area (Å²) in [4.78, 5) is 19.2. The molecule has 0 saturated heterocycles. The van der Waals surface area contributed by atoms with Gasteiger partial charge in [-0.3, -0.25) is 9.36 Å². The molecule has 0 spiro atoms. The van der Waals surface area contributed by atoms with Gasteiger partial charge in [-0.15, -0.1) is 0 Å². The summed E-state index contributed by atoms with van der Waals surface area (Å²) in [7, 11) is 4.04. The number of nitrogens with zero attached hydrogens (tertiary/aromatic N) is 3. The molecular formula is C15H21N3O. The minimum Gasteiger partial charge on any atom is -0.307 e. The van der Waals surface area contributed by atoms with Gasteiger partial charge in [-0.05, 0) is 39.1 Å². The van der Waals surface area contributed by atoms with Crippen LogP contribution in [0.15, 0.2) is 29.3 Å². The van der Waals surface area contributed by atoms with Gasteiger partial charge < -0.3 is 4.90 Å². The Kier molecular flexibility index (Phi) is 4.00. The molecule has 0 fully saturated rings. The minimum atomic E-state index is 0.0665. The van der Waals surface area contributed by atoms with Crippen LogP contribution in [0.4, 0.5) is 0 Å². The Balaban J connectivity index is 2.59. The molecule has 19 heavy (non-hydrogen) atoms. The van der Waals surface area contributed by atoms with E-state index in [9.17, 15) is 4.79 Å². The second kappa shape index (κ2) is 5.53. The van der Waals surface area contributed by atoms with Crippen LogP contribution in [-0.2, 0) is 0 Å². The van der Waals surface area contributed by atoms with Gasteiger partial charge >= 0.3 is 0 Å². The average molecular weight is 259 g/mol. The molecule has 0 aliphatic carbocycles. The van der Waals surface area contributed by atoms with Crippen LogP contribution in [0, 0.1) is 6.92 Å². The molecule has 1 atom stereocenters. The van der Waals surface area contributed by atoms with Crippen molar-refractivity contribution in [3.63, 3.8) is 0 Å². The zero-order valence-corrected chi connectivity index (χ0v) is 12.1. The van der Waals surface area contributed by atoms with Crippen molar-refractivity contribution in [2.45, 2.75) is 26.3 Å². The van der Waals surface area contributed by atoms with Gasteiger partial charge in [-0.1, -0.05) is 19.1 Å². The maximum Gasteiger partial charge on any atom is 0.261 e. The summed E-state index contributed by atoms with van der Waals surface area (Å²) in [5, 5.41) is 0.738. The van der Waals surface area contributed by atoms with E-state index in [2.05, 4.69) is 16.8 Å². The lowest BCUT2D eigenvalue weighted by atomic mass is 10.1. The molecule has 0 saturated carbocycles. The summed E-state index contributed by atoms with van der Waals surface area (Å²) >= 11 is 0. The fourth-order valence-corrected chi connectivity index (χ4v) is 2.44. The van der Waals surface area contributed by atoms with Crippen molar-refractivity contribution in [2.75, 3.05) is 20.6 Å². The number of hydrogen-bond donors (Lipinski definition) is 0. The number of likely N-dealkylation sites (N-methyl/N-ethyl adjacent to an activating group) is 1. The lowest BCUT2D eigenvalue weighted by Crippen LogP contribution is -2.32. The van der Waals surface area contributed by atoms with Gasteiger partial charge in [0, 0.05) is 6.54 Å². The summed E-state index contributed by atoms with van der Waals surface area (Å²) in [6.45, 7) is 4.90. The van der Waals surface area contributed by atoms with Crippen molar-refractivity contribution in [1.29, 1.82) is 0 Å². The second-order valence-electron chi connectivity index (χ2n) is 5.25. The van der Waals surface area contributed by atoms with E-state index in [1.165, 1.54) is 0 Å². The van der Waals surface area contributed by atoms with Crippen LogP contribution in [0.1, 0.15) is 24.9 Å². The first-order valence-electron chi connectivity index (χ1n) is 6.65. The molecule has 4 nitrogen and oxygen atoms in total. The molecule has 1 aromatic heterocycles. The Morgan fingerprint density at radius 3 is 2.74 bits per heavy atom. The monoisotopic (exact) mass is 259 g/mol. The van der Waals surface area contributed by atoms with Gasteiger partial charge in [-0.2, -0.15) is 0 Å². The maximum absolute atomic E-state index is 12.6. The van der Waals surface area contributed by atoms with Crippen molar-refractivity contribution >= 4 is 10.9 Å². The second-order valence-corrected chi connectivity index (χ2v) is 5.25. The van der Waals surface area contributed by atoms with E-state index < -0.39 is 0 Å². The van der Waals surface area contributed by atoms with Gasteiger partial charge in [-0.25, -0.2) is 4.98 Å². The van der Waals surface area contributed by atoms with E-state index in [1.54, 1.807) is 10.9 Å². The fourth-order valence-electron chi connectivity index (χ4n) is 2.44. The van der Waals surface area contributed by atoms with Crippen molar-refractivity contribution in [3.05, 3.63) is 40.4 Å². The van der Waals surface area contributed by atoms with Crippen LogP contribution < -0.4 is 5.56 Å². The molecule has 4 heteroatoms. The summed E-state index contributed by atoms with van der Waals surface area (Å²) in [6, 6.07) is 5.95. The summed E-state index contributed by atoms with van der Waals surface area (Å²) in [6.07, 6.45) is 2.60. The molecule has 1 aromatic carbocycles. The van der Waals surface area contributed by atoms with Crippen molar-refractivity contribution in [3.8, 4) is 0 Å². The third-order valence-electron chi connectivity index (χ3n) is 3.46. The third kappa shape index (κ3) is 2.68. The zero-order chi connectivity index (χ0) is 14.0. The number of aryl methyl sites for hydroxylation is 1. The Hall–Kier alpha value is -1.68. The van der Waals surface area contributed by atoms with E-state index in [-0.39, 0.29) is 11.6 Å². The standard InChI is InChI=1S/C15H21N3O/c1-5-12(9-17(3)4)18-10-16-13-8-6-7-11(2)14(13)15(18)19/h6-8,10,12H,5,9H2,1-4H3. The molecule has 0 bridgehead atoms. The lowest BCUT2D eigenvalue weighted by molar-refractivity contribution is 0.311. The van der Waals surface area contributed by atoms with Crippen LogP contribution >= 0.6 is 0 Å². The third-order valence-corrected chi connectivity index (χ3v) is 3.46. The van der Waals surface area contributed by atoms with E-state index >= 15 is 0 Å². The minimum absolute atomic E-state index is 0.0665. The number of hydrogen-bond acceptors (Lipinski definition) is 3. The van der Waals surface area contributed by atoms with E-state index in [0.717, 1.165) is 29.4 Å². The summed E-state index contributed by atoms with van der Waals surface area (Å²) in [5.41, 5.74) is 1.84. The lowest BCUT2D eigenvalue weighted by Gasteiger charge is -2.22. The van der Waals surface area contributed by atoms with Gasteiger partial charge in [0.1, 0.15) is 0 Å². The maximum atomic E-state index is 12.6. The molecule has 0 aliphatic heterocycles. The van der Waals surface area contributed by atoms with Crippen LogP contribution in [0.5, 0.6) is 0 Å². The fraction of sp³-hybridized carbons (Fsp3) is 0.467. The number of fused-ring (bicyclic) bond motifs is 1. The molecule has 0 amide bonds. The first-order valence-corrected chi connectivity index (χ1v) is 6.65. The van der Waals surface area contributed by atoms with Gasteiger partial charge in [0.25, 0.3) is 5.56 Å². The Morgan fingerprint density at radius 2 is 2.11 bits per heavy atom. The summed E-state index contributed by atoms with van der Waals surface area (Å²) in [5.74, 6) is 0. The Bertz CT molecular complexity index is 631. The van der Waals surface area contributed by atoms with Crippen LogP contribution in [0.3, 0.4) is 0 Å². The van der Waals surface area contributed by atoms with Crippen LogP contribution in [0.2, 0.25) is 0 Å². The molecule has 0 N–H and O–H groups in total. The zero-order valence-electron chi connectivity index (χ0n) is 12.1. The van der Waals surface area contributed by atoms with Crippen LogP contribution in [0.25, 0.3) is 10.9 Å². The summed E-state index contributed by atoms with van der Waals surface area (Å²) < 4.78 is 1.77.